The number of hydrogen-bond acceptors (Lipinski definition) is 3. The first kappa shape index (κ1) is 20.2. The van der Waals surface area contributed by atoms with Gasteiger partial charge in [-0.25, -0.2) is 0 Å². The van der Waals surface area contributed by atoms with E-state index in [4.69, 9.17) is 11.6 Å². The minimum absolute atomic E-state index is 0.0141. The first-order valence-corrected chi connectivity index (χ1v) is 10.4. The van der Waals surface area contributed by atoms with Crippen molar-refractivity contribution in [2.24, 2.45) is 5.92 Å². The minimum Gasteiger partial charge on any atom is -0.341 e. The average molecular weight is 392 g/mol. The summed E-state index contributed by atoms with van der Waals surface area (Å²) >= 11 is 6.13. The Balaban J connectivity index is 1.60. The first-order valence-electron chi connectivity index (χ1n) is 10.1. The number of likely N-dealkylation sites (tertiary alicyclic amines) is 2. The van der Waals surface area contributed by atoms with E-state index in [9.17, 15) is 9.59 Å². The number of nitrogens with zero attached hydrogens (tertiary/aromatic N) is 2. The fraction of sp³-hybridized carbons (Fsp3) is 0.619. The molecule has 0 radical (unpaired) electrons. The average Bonchev–Trinajstić information content (AvgIpc) is 3.20. The second-order valence-corrected chi connectivity index (χ2v) is 8.38. The summed E-state index contributed by atoms with van der Waals surface area (Å²) in [5, 5.41) is 3.31. The van der Waals surface area contributed by atoms with E-state index in [1.165, 1.54) is 25.9 Å². The molecule has 5 nitrogen and oxygen atoms in total. The lowest BCUT2D eigenvalue weighted by Gasteiger charge is -2.38. The van der Waals surface area contributed by atoms with Gasteiger partial charge >= 0.3 is 0 Å². The van der Waals surface area contributed by atoms with Crippen molar-refractivity contribution in [1.82, 2.24) is 15.1 Å². The molecule has 3 rings (SSSR count). The number of carbonyl (C=O) groups is 2. The lowest BCUT2D eigenvalue weighted by atomic mass is 9.98. The van der Waals surface area contributed by atoms with E-state index in [1.54, 1.807) is 24.3 Å². The van der Waals surface area contributed by atoms with Gasteiger partial charge in [-0.3, -0.25) is 9.59 Å². The molecule has 1 unspecified atom stereocenters. The lowest BCUT2D eigenvalue weighted by molar-refractivity contribution is -0.135. The third-order valence-corrected chi connectivity index (χ3v) is 6.10. The van der Waals surface area contributed by atoms with Gasteiger partial charge in [0.05, 0.1) is 10.6 Å². The smallest absolute Gasteiger partial charge is 0.253 e. The predicted octanol–water partition coefficient (Wildman–Crippen LogP) is 3.18. The zero-order valence-electron chi connectivity index (χ0n) is 16.3. The van der Waals surface area contributed by atoms with Gasteiger partial charge in [-0.15, -0.1) is 0 Å². The molecule has 2 amide bonds. The van der Waals surface area contributed by atoms with Crippen molar-refractivity contribution in [3.05, 3.63) is 34.9 Å². The normalized spacial score (nSPS) is 20.1. The topological polar surface area (TPSA) is 52.7 Å². The Morgan fingerprint density at radius 1 is 1.07 bits per heavy atom. The number of halogens is 1. The summed E-state index contributed by atoms with van der Waals surface area (Å²) in [4.78, 5) is 30.2. The molecule has 148 valence electrons. The van der Waals surface area contributed by atoms with Gasteiger partial charge < -0.3 is 15.1 Å². The third kappa shape index (κ3) is 4.82. The van der Waals surface area contributed by atoms with Crippen molar-refractivity contribution in [3.63, 3.8) is 0 Å². The maximum atomic E-state index is 13.1. The molecule has 27 heavy (non-hydrogen) atoms. The molecule has 1 N–H and O–H groups in total. The third-order valence-electron chi connectivity index (χ3n) is 5.77. The summed E-state index contributed by atoms with van der Waals surface area (Å²) in [6, 6.07) is 7.00. The van der Waals surface area contributed by atoms with Gasteiger partial charge in [-0.05, 0) is 56.8 Å². The van der Waals surface area contributed by atoms with Crippen LogP contribution < -0.4 is 5.32 Å². The summed E-state index contributed by atoms with van der Waals surface area (Å²) in [6.45, 7) is 7.86. The Morgan fingerprint density at radius 3 is 2.30 bits per heavy atom. The number of rotatable bonds is 5. The molecular weight excluding hydrogens is 362 g/mol. The van der Waals surface area contributed by atoms with Gasteiger partial charge in [0.1, 0.15) is 6.04 Å². The minimum atomic E-state index is -0.530. The molecule has 1 atom stereocenters. The number of carbonyl (C=O) groups excluding carboxylic acids is 2. The Kier molecular flexibility index (Phi) is 6.77. The van der Waals surface area contributed by atoms with Crippen LogP contribution in [0.25, 0.3) is 0 Å². The van der Waals surface area contributed by atoms with Crippen LogP contribution in [-0.4, -0.2) is 59.9 Å². The van der Waals surface area contributed by atoms with E-state index in [1.807, 2.05) is 18.7 Å². The Hall–Kier alpha value is -1.59. The number of amides is 2. The van der Waals surface area contributed by atoms with Gasteiger partial charge in [-0.1, -0.05) is 37.6 Å². The van der Waals surface area contributed by atoms with Crippen molar-refractivity contribution in [1.29, 1.82) is 0 Å². The molecule has 2 saturated heterocycles. The van der Waals surface area contributed by atoms with E-state index in [0.29, 0.717) is 16.6 Å². The van der Waals surface area contributed by atoms with Crippen molar-refractivity contribution in [2.75, 3.05) is 26.2 Å². The molecule has 0 aromatic heterocycles. The van der Waals surface area contributed by atoms with E-state index in [0.717, 1.165) is 25.9 Å². The fourth-order valence-electron chi connectivity index (χ4n) is 4.13. The van der Waals surface area contributed by atoms with Crippen LogP contribution >= 0.6 is 11.6 Å². The molecule has 2 aliphatic heterocycles. The number of hydrogen-bond donors (Lipinski definition) is 1. The van der Waals surface area contributed by atoms with Crippen molar-refractivity contribution in [2.45, 2.75) is 51.6 Å². The number of piperidine rings is 1. The Bertz CT molecular complexity index is 665. The zero-order chi connectivity index (χ0) is 19.4. The zero-order valence-corrected chi connectivity index (χ0v) is 17.0. The van der Waals surface area contributed by atoms with Crippen LogP contribution in [0, 0.1) is 5.92 Å². The standard InChI is InChI=1S/C21H30ClN3O2/c1-15(2)19(23-20(26)17-7-3-4-8-18(17)22)21(27)25-13-9-16(10-14-25)24-11-5-6-12-24/h3-4,7-8,15-16,19H,5-6,9-14H2,1-2H3,(H,23,26). The van der Waals surface area contributed by atoms with Crippen LogP contribution in [0.5, 0.6) is 0 Å². The molecule has 0 spiro atoms. The maximum Gasteiger partial charge on any atom is 0.253 e. The molecule has 1 aromatic carbocycles. The molecule has 6 heteroatoms. The highest BCUT2D eigenvalue weighted by atomic mass is 35.5. The lowest BCUT2D eigenvalue weighted by Crippen LogP contribution is -2.54. The first-order chi connectivity index (χ1) is 13.0. The van der Waals surface area contributed by atoms with Gasteiger partial charge in [0, 0.05) is 19.1 Å². The highest BCUT2D eigenvalue weighted by Crippen LogP contribution is 2.22. The number of benzene rings is 1. The molecule has 0 aliphatic carbocycles. The fourth-order valence-corrected chi connectivity index (χ4v) is 4.35. The molecule has 0 saturated carbocycles. The van der Waals surface area contributed by atoms with Gasteiger partial charge in [0.15, 0.2) is 0 Å². The van der Waals surface area contributed by atoms with Crippen molar-refractivity contribution in [3.8, 4) is 0 Å². The highest BCUT2D eigenvalue weighted by molar-refractivity contribution is 6.33. The summed E-state index contributed by atoms with van der Waals surface area (Å²) < 4.78 is 0. The van der Waals surface area contributed by atoms with Crippen LogP contribution in [0.2, 0.25) is 5.02 Å². The molecule has 2 fully saturated rings. The van der Waals surface area contributed by atoms with E-state index in [2.05, 4.69) is 10.2 Å². The van der Waals surface area contributed by atoms with Crippen molar-refractivity contribution < 1.29 is 9.59 Å². The van der Waals surface area contributed by atoms with Crippen LogP contribution in [-0.2, 0) is 4.79 Å². The van der Waals surface area contributed by atoms with Crippen molar-refractivity contribution >= 4 is 23.4 Å². The molecule has 1 aromatic rings. The van der Waals surface area contributed by atoms with Gasteiger partial charge in [0.25, 0.3) is 5.91 Å². The monoisotopic (exact) mass is 391 g/mol. The summed E-state index contributed by atoms with van der Waals surface area (Å²) in [7, 11) is 0. The van der Waals surface area contributed by atoms with E-state index < -0.39 is 6.04 Å². The summed E-state index contributed by atoms with van der Waals surface area (Å²) in [5.74, 6) is -0.259. The van der Waals surface area contributed by atoms with E-state index >= 15 is 0 Å². The predicted molar refractivity (Wildman–Crippen MR) is 108 cm³/mol. The van der Waals surface area contributed by atoms with Gasteiger partial charge in [0.2, 0.25) is 5.91 Å². The second kappa shape index (κ2) is 9.07. The highest BCUT2D eigenvalue weighted by Gasteiger charge is 2.33. The van der Waals surface area contributed by atoms with Crippen LogP contribution in [0.15, 0.2) is 24.3 Å². The van der Waals surface area contributed by atoms with Crippen LogP contribution in [0.4, 0.5) is 0 Å². The second-order valence-electron chi connectivity index (χ2n) is 7.97. The number of nitrogens with one attached hydrogen (secondary N) is 1. The van der Waals surface area contributed by atoms with Crippen LogP contribution in [0.3, 0.4) is 0 Å². The molecule has 0 bridgehead atoms. The summed E-state index contributed by atoms with van der Waals surface area (Å²) in [5.41, 5.74) is 0.408. The Labute approximate surface area is 167 Å². The van der Waals surface area contributed by atoms with Gasteiger partial charge in [-0.2, -0.15) is 0 Å². The molecule has 2 heterocycles. The largest absolute Gasteiger partial charge is 0.341 e. The molecular formula is C21H30ClN3O2. The summed E-state index contributed by atoms with van der Waals surface area (Å²) in [6.07, 6.45) is 4.63. The maximum absolute atomic E-state index is 13.1. The quantitative estimate of drug-likeness (QED) is 0.838. The van der Waals surface area contributed by atoms with E-state index in [-0.39, 0.29) is 17.7 Å². The molecule has 2 aliphatic rings. The Morgan fingerprint density at radius 2 is 1.70 bits per heavy atom. The van der Waals surface area contributed by atoms with Crippen LogP contribution in [0.1, 0.15) is 49.9 Å². The SMILES string of the molecule is CC(C)C(NC(=O)c1ccccc1Cl)C(=O)N1CCC(N2CCCC2)CC1.